The molecule has 2 aromatic carbocycles. The van der Waals surface area contributed by atoms with E-state index in [-0.39, 0.29) is 35.4 Å². The standard InChI is InChI=1S/C26H31N5O2.HI/c1-4-27-26(29-18-21-12-14-23(15-13-21)25(33)30(2)3)28-17-20-8-10-22(11-9-20)19-31-16-6-5-7-24(31)32;/h5-16H,4,17-19H2,1-3H3,(H2,27,28,29);1H. The van der Waals surface area contributed by atoms with Crippen molar-refractivity contribution in [2.24, 2.45) is 4.99 Å². The molecule has 0 spiro atoms. The van der Waals surface area contributed by atoms with Gasteiger partial charge in [0.05, 0.1) is 13.1 Å². The van der Waals surface area contributed by atoms with Gasteiger partial charge in [0.2, 0.25) is 0 Å². The minimum Gasteiger partial charge on any atom is -0.357 e. The van der Waals surface area contributed by atoms with Crippen molar-refractivity contribution >= 4 is 35.8 Å². The lowest BCUT2D eigenvalue weighted by atomic mass is 10.1. The zero-order valence-corrected chi connectivity index (χ0v) is 22.2. The number of nitrogens with zero attached hydrogens (tertiary/aromatic N) is 3. The van der Waals surface area contributed by atoms with Gasteiger partial charge in [0.15, 0.2) is 5.96 Å². The summed E-state index contributed by atoms with van der Waals surface area (Å²) in [7, 11) is 3.49. The maximum Gasteiger partial charge on any atom is 0.253 e. The van der Waals surface area contributed by atoms with Gasteiger partial charge < -0.3 is 20.1 Å². The van der Waals surface area contributed by atoms with E-state index < -0.39 is 0 Å². The van der Waals surface area contributed by atoms with Crippen LogP contribution in [0.4, 0.5) is 0 Å². The third-order valence-electron chi connectivity index (χ3n) is 5.11. The average molecular weight is 573 g/mol. The predicted molar refractivity (Wildman–Crippen MR) is 148 cm³/mol. The van der Waals surface area contributed by atoms with E-state index in [0.717, 1.165) is 29.2 Å². The number of hydrogen-bond acceptors (Lipinski definition) is 3. The Morgan fingerprint density at radius 2 is 1.56 bits per heavy atom. The number of aliphatic imine (C=N–C) groups is 1. The van der Waals surface area contributed by atoms with Crippen molar-refractivity contribution in [3.8, 4) is 0 Å². The molecule has 8 heteroatoms. The van der Waals surface area contributed by atoms with Crippen LogP contribution in [0.2, 0.25) is 0 Å². The number of halogens is 1. The summed E-state index contributed by atoms with van der Waals surface area (Å²) >= 11 is 0. The molecular formula is C26H32IN5O2. The summed E-state index contributed by atoms with van der Waals surface area (Å²) < 4.78 is 1.69. The number of hydrogen-bond donors (Lipinski definition) is 2. The van der Waals surface area contributed by atoms with Crippen LogP contribution >= 0.6 is 24.0 Å². The lowest BCUT2D eigenvalue weighted by Gasteiger charge is -2.12. The fourth-order valence-corrected chi connectivity index (χ4v) is 3.26. The molecule has 7 nitrogen and oxygen atoms in total. The fourth-order valence-electron chi connectivity index (χ4n) is 3.26. The molecule has 0 bridgehead atoms. The van der Waals surface area contributed by atoms with Gasteiger partial charge in [-0.05, 0) is 41.8 Å². The summed E-state index contributed by atoms with van der Waals surface area (Å²) in [6.45, 7) is 4.48. The van der Waals surface area contributed by atoms with Gasteiger partial charge in [-0.1, -0.05) is 42.5 Å². The molecular weight excluding hydrogens is 541 g/mol. The summed E-state index contributed by atoms with van der Waals surface area (Å²) in [6.07, 6.45) is 1.80. The third kappa shape index (κ3) is 8.02. The van der Waals surface area contributed by atoms with Gasteiger partial charge in [0, 0.05) is 45.0 Å². The monoisotopic (exact) mass is 573 g/mol. The smallest absolute Gasteiger partial charge is 0.253 e. The molecule has 0 fully saturated rings. The van der Waals surface area contributed by atoms with Crippen LogP contribution in [-0.4, -0.2) is 42.0 Å². The molecule has 0 unspecified atom stereocenters. The summed E-state index contributed by atoms with van der Waals surface area (Å²) in [5.74, 6) is 0.716. The Kier molecular flexibility index (Phi) is 10.8. The van der Waals surface area contributed by atoms with E-state index in [2.05, 4.69) is 27.8 Å². The van der Waals surface area contributed by atoms with Crippen LogP contribution in [0.25, 0.3) is 0 Å². The highest BCUT2D eigenvalue weighted by Crippen LogP contribution is 2.08. The molecule has 0 atom stereocenters. The number of benzene rings is 2. The Balaban J connectivity index is 0.00000408. The number of carbonyl (C=O) groups is 1. The first-order chi connectivity index (χ1) is 16.0. The molecule has 3 rings (SSSR count). The Hall–Kier alpha value is -3.14. The predicted octanol–water partition coefficient (Wildman–Crippen LogP) is 3.47. The zero-order chi connectivity index (χ0) is 23.6. The highest BCUT2D eigenvalue weighted by molar-refractivity contribution is 14.0. The van der Waals surface area contributed by atoms with Crippen LogP contribution < -0.4 is 16.2 Å². The Bertz CT molecular complexity index is 1140. The van der Waals surface area contributed by atoms with Crippen LogP contribution in [-0.2, 0) is 19.6 Å². The number of nitrogens with one attached hydrogen (secondary N) is 2. The van der Waals surface area contributed by atoms with Crippen LogP contribution in [0.15, 0.2) is 82.7 Å². The fraction of sp³-hybridized carbons (Fsp3) is 0.269. The van der Waals surface area contributed by atoms with Crippen molar-refractivity contribution in [2.75, 3.05) is 20.6 Å². The number of rotatable bonds is 8. The molecule has 2 N–H and O–H groups in total. The average Bonchev–Trinajstić information content (AvgIpc) is 2.83. The second kappa shape index (κ2) is 13.5. The number of amides is 1. The number of aromatic nitrogens is 1. The molecule has 180 valence electrons. The highest BCUT2D eigenvalue weighted by Gasteiger charge is 2.07. The second-order valence-corrected chi connectivity index (χ2v) is 7.93. The molecule has 0 aliphatic heterocycles. The van der Waals surface area contributed by atoms with Crippen molar-refractivity contribution < 1.29 is 4.79 Å². The summed E-state index contributed by atoms with van der Waals surface area (Å²) in [6, 6.07) is 20.9. The van der Waals surface area contributed by atoms with Crippen molar-refractivity contribution in [1.82, 2.24) is 20.1 Å². The molecule has 34 heavy (non-hydrogen) atoms. The Morgan fingerprint density at radius 1 is 0.912 bits per heavy atom. The van der Waals surface area contributed by atoms with Crippen molar-refractivity contribution in [2.45, 2.75) is 26.6 Å². The lowest BCUT2D eigenvalue weighted by molar-refractivity contribution is 0.0827. The minimum atomic E-state index is -0.0121. The van der Waals surface area contributed by atoms with E-state index in [1.807, 2.05) is 49.4 Å². The SMILES string of the molecule is CCNC(=NCc1ccc(C(=O)N(C)C)cc1)NCc1ccc(Cn2ccccc2=O)cc1.I. The van der Waals surface area contributed by atoms with Gasteiger partial charge in [-0.15, -0.1) is 24.0 Å². The summed E-state index contributed by atoms with van der Waals surface area (Å²) in [5.41, 5.74) is 3.88. The normalized spacial score (nSPS) is 10.9. The van der Waals surface area contributed by atoms with Crippen molar-refractivity contribution in [3.05, 3.63) is 106 Å². The van der Waals surface area contributed by atoms with Crippen LogP contribution in [0.1, 0.15) is 34.0 Å². The summed E-state index contributed by atoms with van der Waals surface area (Å²) in [4.78, 5) is 30.1. The van der Waals surface area contributed by atoms with Gasteiger partial charge in [0.1, 0.15) is 0 Å². The summed E-state index contributed by atoms with van der Waals surface area (Å²) in [5, 5.41) is 6.61. The first-order valence-corrected chi connectivity index (χ1v) is 11.0. The van der Waals surface area contributed by atoms with Gasteiger partial charge in [-0.2, -0.15) is 0 Å². The third-order valence-corrected chi connectivity index (χ3v) is 5.11. The van der Waals surface area contributed by atoms with Crippen molar-refractivity contribution in [1.29, 1.82) is 0 Å². The minimum absolute atomic E-state index is 0. The van der Waals surface area contributed by atoms with Gasteiger partial charge in [-0.25, -0.2) is 4.99 Å². The molecule has 1 amide bonds. The molecule has 0 aliphatic rings. The molecule has 0 aliphatic carbocycles. The quantitative estimate of drug-likeness (QED) is 0.246. The largest absolute Gasteiger partial charge is 0.357 e. The number of carbonyl (C=O) groups excluding carboxylic acids is 1. The lowest BCUT2D eigenvalue weighted by Crippen LogP contribution is -2.36. The zero-order valence-electron chi connectivity index (χ0n) is 19.8. The first-order valence-electron chi connectivity index (χ1n) is 11.0. The molecule has 0 saturated carbocycles. The Morgan fingerprint density at radius 3 is 2.18 bits per heavy atom. The number of pyridine rings is 1. The molecule has 0 saturated heterocycles. The van der Waals surface area contributed by atoms with E-state index in [1.54, 1.807) is 41.9 Å². The topological polar surface area (TPSA) is 78.7 Å². The van der Waals surface area contributed by atoms with E-state index in [0.29, 0.717) is 25.2 Å². The molecule has 1 aromatic heterocycles. The van der Waals surface area contributed by atoms with E-state index in [9.17, 15) is 9.59 Å². The van der Waals surface area contributed by atoms with Gasteiger partial charge in [0.25, 0.3) is 11.5 Å². The van der Waals surface area contributed by atoms with E-state index >= 15 is 0 Å². The Labute approximate surface area is 217 Å². The van der Waals surface area contributed by atoms with Gasteiger partial charge >= 0.3 is 0 Å². The maximum absolute atomic E-state index is 12.0. The highest BCUT2D eigenvalue weighted by atomic mass is 127. The maximum atomic E-state index is 12.0. The van der Waals surface area contributed by atoms with Crippen LogP contribution in [0.5, 0.6) is 0 Å². The molecule has 0 radical (unpaired) electrons. The van der Waals surface area contributed by atoms with E-state index in [4.69, 9.17) is 0 Å². The number of guanidine groups is 1. The van der Waals surface area contributed by atoms with Crippen molar-refractivity contribution in [3.63, 3.8) is 0 Å². The van der Waals surface area contributed by atoms with Crippen LogP contribution in [0, 0.1) is 0 Å². The second-order valence-electron chi connectivity index (χ2n) is 7.93. The molecule has 3 aromatic rings. The molecule has 1 heterocycles. The van der Waals surface area contributed by atoms with Gasteiger partial charge in [-0.3, -0.25) is 9.59 Å². The van der Waals surface area contributed by atoms with E-state index in [1.165, 1.54) is 0 Å². The van der Waals surface area contributed by atoms with Crippen LogP contribution in [0.3, 0.4) is 0 Å². The first kappa shape index (κ1) is 27.1.